The highest BCUT2D eigenvalue weighted by atomic mass is 32.2. The molecule has 5 aromatic rings. The van der Waals surface area contributed by atoms with E-state index in [9.17, 15) is 45.5 Å². The van der Waals surface area contributed by atoms with Gasteiger partial charge in [-0.3, -0.25) is 23.0 Å². The van der Waals surface area contributed by atoms with E-state index >= 15 is 0 Å². The van der Waals surface area contributed by atoms with Gasteiger partial charge >= 0.3 is 5.97 Å². The Labute approximate surface area is 401 Å². The molecule has 0 radical (unpaired) electrons. The van der Waals surface area contributed by atoms with E-state index in [-0.39, 0.29) is 27.3 Å². The summed E-state index contributed by atoms with van der Waals surface area (Å²) in [6, 6.07) is 28.4. The highest BCUT2D eigenvalue weighted by Crippen LogP contribution is 2.37. The van der Waals surface area contributed by atoms with Crippen molar-refractivity contribution in [2.75, 3.05) is 42.5 Å². The van der Waals surface area contributed by atoms with Crippen LogP contribution in [0.2, 0.25) is 0 Å². The number of aryl methyl sites for hydroxylation is 1. The fourth-order valence-corrected chi connectivity index (χ4v) is 10.4. The van der Waals surface area contributed by atoms with Crippen LogP contribution in [0.4, 0.5) is 15.8 Å². The van der Waals surface area contributed by atoms with Crippen molar-refractivity contribution in [2.24, 2.45) is 11.7 Å². The Morgan fingerprint density at radius 3 is 1.86 bits per heavy atom. The average Bonchev–Trinajstić information content (AvgIpc) is 3.79. The first-order chi connectivity index (χ1) is 32.7. The van der Waals surface area contributed by atoms with Crippen molar-refractivity contribution in [1.29, 1.82) is 0 Å². The molecule has 1 aliphatic heterocycles. The van der Waals surface area contributed by atoms with Crippen LogP contribution in [-0.4, -0.2) is 96.5 Å². The minimum Gasteiger partial charge on any atom is -0.494 e. The molecule has 4 N–H and O–H groups in total. The number of methoxy groups -OCH3 is 2. The Kier molecular flexibility index (Phi) is 17.8. The first kappa shape index (κ1) is 52.8. The SMILES string of the molecule is CCOc1ccc(S(=O)(=O)N(CC(=O)N2C(C(N)=O)CCC2c2ccccc2)c2ccc(C)cc2)cc1.COc1ccc(S(=O)(=O)N(CC(=O)N[C@H](C(=O)O)C(C)C)c2ccc(F)cc2)cc1OC. The fourth-order valence-electron chi connectivity index (χ4n) is 7.56. The molecular formula is C49H56FN5O12S2. The lowest BCUT2D eigenvalue weighted by Gasteiger charge is -2.32. The number of nitrogens with two attached hydrogens (primary N) is 1. The van der Waals surface area contributed by atoms with E-state index < -0.39 is 80.6 Å². The summed E-state index contributed by atoms with van der Waals surface area (Å²) in [6.07, 6.45) is 0.969. The van der Waals surface area contributed by atoms with Crippen LogP contribution in [0.15, 0.2) is 131 Å². The van der Waals surface area contributed by atoms with Crippen molar-refractivity contribution >= 4 is 55.1 Å². The Morgan fingerprint density at radius 1 is 0.768 bits per heavy atom. The summed E-state index contributed by atoms with van der Waals surface area (Å²) in [4.78, 5) is 51.4. The number of nitrogens with one attached hydrogen (secondary N) is 1. The second kappa shape index (κ2) is 23.2. The molecule has 1 saturated heterocycles. The van der Waals surface area contributed by atoms with Gasteiger partial charge in [-0.1, -0.05) is 61.9 Å². The van der Waals surface area contributed by atoms with Crippen LogP contribution < -0.4 is 33.9 Å². The highest BCUT2D eigenvalue weighted by Gasteiger charge is 2.42. The van der Waals surface area contributed by atoms with Crippen LogP contribution in [-0.2, 0) is 39.2 Å². The molecule has 17 nitrogen and oxygen atoms in total. The summed E-state index contributed by atoms with van der Waals surface area (Å²) >= 11 is 0. The molecule has 20 heteroatoms. The van der Waals surface area contributed by atoms with Gasteiger partial charge in [0.05, 0.1) is 48.0 Å². The van der Waals surface area contributed by atoms with Crippen molar-refractivity contribution < 1.29 is 59.7 Å². The summed E-state index contributed by atoms with van der Waals surface area (Å²) in [6.45, 7) is 6.20. The zero-order valence-corrected chi connectivity index (χ0v) is 40.6. The number of hydrogen-bond donors (Lipinski definition) is 3. The van der Waals surface area contributed by atoms with Gasteiger partial charge in [0, 0.05) is 6.07 Å². The molecule has 1 heterocycles. The molecule has 0 aliphatic carbocycles. The number of halogens is 1. The van der Waals surface area contributed by atoms with Crippen molar-refractivity contribution in [2.45, 2.75) is 68.5 Å². The lowest BCUT2D eigenvalue weighted by atomic mass is 10.0. The highest BCUT2D eigenvalue weighted by molar-refractivity contribution is 7.93. The Morgan fingerprint density at radius 2 is 1.32 bits per heavy atom. The number of anilines is 2. The average molecular weight is 990 g/mol. The van der Waals surface area contributed by atoms with E-state index in [2.05, 4.69) is 5.32 Å². The second-order valence-electron chi connectivity index (χ2n) is 16.1. The molecule has 2 unspecified atom stereocenters. The smallest absolute Gasteiger partial charge is 0.326 e. The van der Waals surface area contributed by atoms with Gasteiger partial charge in [-0.25, -0.2) is 26.0 Å². The summed E-state index contributed by atoms with van der Waals surface area (Å²) < 4.78 is 85.5. The molecule has 0 aromatic heterocycles. The third-order valence-corrected chi connectivity index (χ3v) is 14.7. The normalized spacial score (nSPS) is 15.0. The van der Waals surface area contributed by atoms with Gasteiger partial charge in [0.15, 0.2) is 11.5 Å². The van der Waals surface area contributed by atoms with Gasteiger partial charge in [0.25, 0.3) is 20.0 Å². The predicted molar refractivity (Wildman–Crippen MR) is 256 cm³/mol. The second-order valence-corrected chi connectivity index (χ2v) is 19.8. The molecule has 0 spiro atoms. The number of benzene rings is 5. The van der Waals surface area contributed by atoms with Crippen LogP contribution >= 0.6 is 0 Å². The van der Waals surface area contributed by atoms with Crippen molar-refractivity contribution in [1.82, 2.24) is 10.2 Å². The first-order valence-electron chi connectivity index (χ1n) is 21.7. The maximum Gasteiger partial charge on any atom is 0.326 e. The van der Waals surface area contributed by atoms with Crippen LogP contribution in [0.5, 0.6) is 17.2 Å². The monoisotopic (exact) mass is 989 g/mol. The van der Waals surface area contributed by atoms with Crippen LogP contribution in [0.3, 0.4) is 0 Å². The van der Waals surface area contributed by atoms with Crippen molar-refractivity contribution in [3.63, 3.8) is 0 Å². The zero-order valence-electron chi connectivity index (χ0n) is 38.9. The minimum atomic E-state index is -4.33. The van der Waals surface area contributed by atoms with E-state index in [1.165, 1.54) is 61.6 Å². The third kappa shape index (κ3) is 12.9. The summed E-state index contributed by atoms with van der Waals surface area (Å²) in [5.41, 5.74) is 7.85. The number of carbonyl (C=O) groups is 4. The molecule has 0 bridgehead atoms. The number of carbonyl (C=O) groups excluding carboxylic acids is 3. The lowest BCUT2D eigenvalue weighted by molar-refractivity contribution is -0.142. The van der Waals surface area contributed by atoms with E-state index in [1.807, 2.05) is 44.2 Å². The van der Waals surface area contributed by atoms with E-state index in [0.29, 0.717) is 36.6 Å². The molecule has 3 amide bonds. The topological polar surface area (TPSA) is 232 Å². The maximum atomic E-state index is 13.8. The molecule has 0 saturated carbocycles. The van der Waals surface area contributed by atoms with Gasteiger partial charge in [0.2, 0.25) is 17.7 Å². The number of primary amides is 1. The fraction of sp³-hybridized carbons (Fsp3) is 0.306. The van der Waals surface area contributed by atoms with Crippen molar-refractivity contribution in [3.8, 4) is 17.2 Å². The molecule has 5 aromatic carbocycles. The van der Waals surface area contributed by atoms with Gasteiger partial charge in [-0.2, -0.15) is 0 Å². The number of carboxylic acid groups (broad SMARTS) is 1. The largest absolute Gasteiger partial charge is 0.494 e. The number of nitrogens with zero attached hydrogens (tertiary/aromatic N) is 3. The third-order valence-electron chi connectivity index (χ3n) is 11.1. The number of amides is 3. The van der Waals surface area contributed by atoms with Crippen LogP contribution in [0, 0.1) is 18.7 Å². The molecule has 6 rings (SSSR count). The maximum absolute atomic E-state index is 13.8. The lowest BCUT2D eigenvalue weighted by Crippen LogP contribution is -2.49. The first-order valence-corrected chi connectivity index (χ1v) is 24.6. The van der Waals surface area contributed by atoms with Gasteiger partial charge < -0.3 is 35.3 Å². The molecule has 1 fully saturated rings. The molecule has 368 valence electrons. The summed E-state index contributed by atoms with van der Waals surface area (Å²) in [5.74, 6) is -3.20. The quantitative estimate of drug-likeness (QED) is 0.0856. The number of ether oxygens (including phenoxy) is 3. The Bertz CT molecular complexity index is 2800. The zero-order chi connectivity index (χ0) is 50.6. The van der Waals surface area contributed by atoms with Gasteiger partial charge in [-0.05, 0) is 111 Å². The molecule has 69 heavy (non-hydrogen) atoms. The number of likely N-dealkylation sites (tertiary alicyclic amines) is 1. The molecular weight excluding hydrogens is 934 g/mol. The standard InChI is InChI=1S/C28H31N3O5S.C21H25FN2O7S/c1-3-36-23-13-15-24(16-14-23)37(34,35)30(22-11-9-20(2)10-12-22)19-27(32)31-25(17-18-26(31)28(29)33)21-7-5-4-6-8-21;1-13(2)20(21(26)27)23-19(25)12-24(15-7-5-14(22)6-8-15)32(28,29)16-9-10-17(30-3)18(11-16)31-4/h4-16,25-26H,3,17-19H2,1-2H3,(H2,29,33);5-11,13,20H,12H2,1-4H3,(H,23,25)(H,26,27)/t;20-/m.0/s1. The van der Waals surface area contributed by atoms with Crippen molar-refractivity contribution in [3.05, 3.63) is 138 Å². The molecule has 1 aliphatic rings. The number of hydrogen-bond acceptors (Lipinski definition) is 11. The molecule has 3 atom stereocenters. The van der Waals surface area contributed by atoms with Crippen LogP contribution in [0.1, 0.15) is 50.8 Å². The summed E-state index contributed by atoms with van der Waals surface area (Å²) in [7, 11) is -5.72. The number of rotatable bonds is 19. The summed E-state index contributed by atoms with van der Waals surface area (Å²) in [5, 5.41) is 11.6. The van der Waals surface area contributed by atoms with Gasteiger partial charge in [0.1, 0.15) is 36.7 Å². The predicted octanol–water partition coefficient (Wildman–Crippen LogP) is 6.07. The van der Waals surface area contributed by atoms with Crippen LogP contribution in [0.25, 0.3) is 0 Å². The van der Waals surface area contributed by atoms with E-state index in [4.69, 9.17) is 19.9 Å². The van der Waals surface area contributed by atoms with Gasteiger partial charge in [-0.15, -0.1) is 0 Å². The van der Waals surface area contributed by atoms with E-state index in [1.54, 1.807) is 50.2 Å². The van der Waals surface area contributed by atoms with E-state index in [0.717, 1.165) is 31.9 Å². The Balaban J connectivity index is 0.000000261. The Hall–Kier alpha value is -7.19. The number of sulfonamides is 2. The minimum absolute atomic E-state index is 0.0211. The number of carboxylic acids is 1. The number of aliphatic carboxylic acids is 1.